The summed E-state index contributed by atoms with van der Waals surface area (Å²) < 4.78 is 7.68. The van der Waals surface area contributed by atoms with Crippen molar-refractivity contribution in [3.63, 3.8) is 0 Å². The van der Waals surface area contributed by atoms with Gasteiger partial charge in [-0.05, 0) is 45.2 Å². The second-order valence-electron chi connectivity index (χ2n) is 5.85. The lowest BCUT2D eigenvalue weighted by Gasteiger charge is -2.32. The summed E-state index contributed by atoms with van der Waals surface area (Å²) in [5.41, 5.74) is 2.20. The standard InChI is InChI=1S/C16H21N3O2/c1-12-6-5-7-14-18-13(11-19(12)14)10-17-15(20)16(2)8-3-4-9-21-16/h5-7,11H,3-4,8-10H2,1-2H3,(H,17,20). The Morgan fingerprint density at radius 2 is 2.33 bits per heavy atom. The van der Waals surface area contributed by atoms with Gasteiger partial charge >= 0.3 is 0 Å². The molecule has 1 saturated heterocycles. The Balaban J connectivity index is 1.68. The number of hydrogen-bond donors (Lipinski definition) is 1. The van der Waals surface area contributed by atoms with E-state index in [1.807, 2.05) is 42.6 Å². The Kier molecular flexibility index (Phi) is 3.68. The zero-order chi connectivity index (χ0) is 14.9. The molecule has 2 aromatic rings. The van der Waals surface area contributed by atoms with E-state index in [9.17, 15) is 4.79 Å². The molecule has 0 radical (unpaired) electrons. The van der Waals surface area contributed by atoms with Crippen LogP contribution >= 0.6 is 0 Å². The number of nitrogens with zero attached hydrogens (tertiary/aromatic N) is 2. The number of aromatic nitrogens is 2. The maximum atomic E-state index is 12.3. The molecule has 1 amide bonds. The normalized spacial score (nSPS) is 22.4. The highest BCUT2D eigenvalue weighted by Gasteiger charge is 2.35. The molecule has 21 heavy (non-hydrogen) atoms. The molecule has 0 saturated carbocycles. The number of hydrogen-bond acceptors (Lipinski definition) is 3. The molecule has 0 aromatic carbocycles. The lowest BCUT2D eigenvalue weighted by Crippen LogP contribution is -2.48. The quantitative estimate of drug-likeness (QED) is 0.941. The Morgan fingerprint density at radius 1 is 1.48 bits per heavy atom. The molecule has 0 bridgehead atoms. The first kappa shape index (κ1) is 14.1. The molecule has 1 aliphatic heterocycles. The molecular weight excluding hydrogens is 266 g/mol. The molecule has 3 rings (SSSR count). The highest BCUT2D eigenvalue weighted by Crippen LogP contribution is 2.24. The molecule has 5 heteroatoms. The molecule has 0 aliphatic carbocycles. The van der Waals surface area contributed by atoms with Gasteiger partial charge in [0.05, 0.1) is 12.2 Å². The summed E-state index contributed by atoms with van der Waals surface area (Å²) in [5.74, 6) is -0.0454. The third-order valence-electron chi connectivity index (χ3n) is 4.12. The van der Waals surface area contributed by atoms with Gasteiger partial charge in [0.15, 0.2) is 0 Å². The summed E-state index contributed by atoms with van der Waals surface area (Å²) in [6.07, 6.45) is 4.82. The minimum Gasteiger partial charge on any atom is -0.365 e. The van der Waals surface area contributed by atoms with E-state index in [0.717, 1.165) is 36.3 Å². The molecule has 2 aromatic heterocycles. The summed E-state index contributed by atoms with van der Waals surface area (Å²) in [6, 6.07) is 5.98. The summed E-state index contributed by atoms with van der Waals surface area (Å²) in [5, 5.41) is 2.95. The molecule has 0 spiro atoms. The average Bonchev–Trinajstić information content (AvgIpc) is 2.90. The van der Waals surface area contributed by atoms with E-state index in [2.05, 4.69) is 10.3 Å². The molecule has 1 N–H and O–H groups in total. The monoisotopic (exact) mass is 287 g/mol. The Hall–Kier alpha value is -1.88. The lowest BCUT2D eigenvalue weighted by atomic mass is 9.95. The second kappa shape index (κ2) is 5.48. The fourth-order valence-corrected chi connectivity index (χ4v) is 2.75. The van der Waals surface area contributed by atoms with Crippen LogP contribution in [0.5, 0.6) is 0 Å². The number of pyridine rings is 1. The largest absolute Gasteiger partial charge is 0.365 e. The number of carbonyl (C=O) groups is 1. The average molecular weight is 287 g/mol. The topological polar surface area (TPSA) is 55.6 Å². The highest BCUT2D eigenvalue weighted by atomic mass is 16.5. The molecule has 1 aliphatic rings. The van der Waals surface area contributed by atoms with Crippen molar-refractivity contribution in [2.75, 3.05) is 6.61 Å². The number of carbonyl (C=O) groups excluding carboxylic acids is 1. The van der Waals surface area contributed by atoms with E-state index in [1.54, 1.807) is 0 Å². The van der Waals surface area contributed by atoms with Crippen LogP contribution in [0.15, 0.2) is 24.4 Å². The van der Waals surface area contributed by atoms with E-state index in [0.29, 0.717) is 13.2 Å². The molecule has 1 atom stereocenters. The first-order chi connectivity index (χ1) is 10.1. The Bertz CT molecular complexity index is 657. The van der Waals surface area contributed by atoms with Gasteiger partial charge in [0.25, 0.3) is 5.91 Å². The van der Waals surface area contributed by atoms with Crippen LogP contribution in [0.2, 0.25) is 0 Å². The summed E-state index contributed by atoms with van der Waals surface area (Å²) in [7, 11) is 0. The number of nitrogens with one attached hydrogen (secondary N) is 1. The van der Waals surface area contributed by atoms with Crippen molar-refractivity contribution < 1.29 is 9.53 Å². The maximum absolute atomic E-state index is 12.3. The molecule has 5 nitrogen and oxygen atoms in total. The lowest BCUT2D eigenvalue weighted by molar-refractivity contribution is -0.150. The van der Waals surface area contributed by atoms with Gasteiger partial charge in [0.1, 0.15) is 11.2 Å². The number of aryl methyl sites for hydroxylation is 1. The Labute approximate surface area is 124 Å². The first-order valence-corrected chi connectivity index (χ1v) is 7.44. The van der Waals surface area contributed by atoms with Gasteiger partial charge in [-0.3, -0.25) is 4.79 Å². The van der Waals surface area contributed by atoms with Crippen LogP contribution in [0.3, 0.4) is 0 Å². The first-order valence-electron chi connectivity index (χ1n) is 7.44. The molecule has 3 heterocycles. The van der Waals surface area contributed by atoms with Crippen LogP contribution in [-0.2, 0) is 16.1 Å². The van der Waals surface area contributed by atoms with Crippen molar-refractivity contribution in [3.8, 4) is 0 Å². The van der Waals surface area contributed by atoms with Crippen molar-refractivity contribution in [2.45, 2.75) is 45.3 Å². The molecule has 1 unspecified atom stereocenters. The predicted molar refractivity (Wildman–Crippen MR) is 80.0 cm³/mol. The van der Waals surface area contributed by atoms with Crippen LogP contribution in [0.25, 0.3) is 5.65 Å². The van der Waals surface area contributed by atoms with Gasteiger partial charge in [-0.15, -0.1) is 0 Å². The predicted octanol–water partition coefficient (Wildman–Crippen LogP) is 2.22. The van der Waals surface area contributed by atoms with Crippen LogP contribution in [0, 0.1) is 6.92 Å². The number of ether oxygens (including phenoxy) is 1. The smallest absolute Gasteiger partial charge is 0.252 e. The van der Waals surface area contributed by atoms with Crippen LogP contribution in [0.4, 0.5) is 0 Å². The van der Waals surface area contributed by atoms with E-state index < -0.39 is 5.60 Å². The number of rotatable bonds is 3. The highest BCUT2D eigenvalue weighted by molar-refractivity contribution is 5.84. The second-order valence-corrected chi connectivity index (χ2v) is 5.85. The third kappa shape index (κ3) is 2.78. The zero-order valence-corrected chi connectivity index (χ0v) is 12.6. The van der Waals surface area contributed by atoms with Crippen LogP contribution in [0.1, 0.15) is 37.6 Å². The Morgan fingerprint density at radius 3 is 3.05 bits per heavy atom. The minimum atomic E-state index is -0.687. The van der Waals surface area contributed by atoms with Gasteiger partial charge in [-0.25, -0.2) is 4.98 Å². The summed E-state index contributed by atoms with van der Waals surface area (Å²) in [4.78, 5) is 16.8. The van der Waals surface area contributed by atoms with Gasteiger partial charge in [0.2, 0.25) is 0 Å². The number of fused-ring (bicyclic) bond motifs is 1. The van der Waals surface area contributed by atoms with Gasteiger partial charge < -0.3 is 14.5 Å². The van der Waals surface area contributed by atoms with Crippen LogP contribution < -0.4 is 5.32 Å². The molecule has 1 fully saturated rings. The number of amides is 1. The van der Waals surface area contributed by atoms with Gasteiger partial charge in [0, 0.05) is 18.5 Å². The van der Waals surface area contributed by atoms with Crippen LogP contribution in [-0.4, -0.2) is 27.5 Å². The fourth-order valence-electron chi connectivity index (χ4n) is 2.75. The van der Waals surface area contributed by atoms with E-state index in [-0.39, 0.29) is 5.91 Å². The van der Waals surface area contributed by atoms with Crippen molar-refractivity contribution in [2.24, 2.45) is 0 Å². The fraction of sp³-hybridized carbons (Fsp3) is 0.500. The third-order valence-corrected chi connectivity index (χ3v) is 4.12. The zero-order valence-electron chi connectivity index (χ0n) is 12.6. The van der Waals surface area contributed by atoms with Crippen molar-refractivity contribution in [1.29, 1.82) is 0 Å². The SMILES string of the molecule is Cc1cccc2nc(CNC(=O)C3(C)CCCCO3)cn12. The van der Waals surface area contributed by atoms with Gasteiger partial charge in [-0.2, -0.15) is 0 Å². The van der Waals surface area contributed by atoms with Crippen molar-refractivity contribution >= 4 is 11.6 Å². The summed E-state index contributed by atoms with van der Waals surface area (Å²) in [6.45, 7) is 5.00. The molecular formula is C16H21N3O2. The van der Waals surface area contributed by atoms with Crippen molar-refractivity contribution in [3.05, 3.63) is 35.8 Å². The summed E-state index contributed by atoms with van der Waals surface area (Å²) >= 11 is 0. The molecule has 112 valence electrons. The van der Waals surface area contributed by atoms with E-state index >= 15 is 0 Å². The van der Waals surface area contributed by atoms with Gasteiger partial charge in [-0.1, -0.05) is 6.07 Å². The van der Waals surface area contributed by atoms with Crippen molar-refractivity contribution in [1.82, 2.24) is 14.7 Å². The van der Waals surface area contributed by atoms with E-state index in [4.69, 9.17) is 4.74 Å². The number of imidazole rings is 1. The maximum Gasteiger partial charge on any atom is 0.252 e. The van der Waals surface area contributed by atoms with E-state index in [1.165, 1.54) is 0 Å². The minimum absolute atomic E-state index is 0.0454.